The first-order valence-corrected chi connectivity index (χ1v) is 10.3. The molecule has 0 N–H and O–H groups in total. The molecule has 0 amide bonds. The average molecular weight is 396 g/mol. The summed E-state index contributed by atoms with van der Waals surface area (Å²) in [5, 5.41) is 0. The Morgan fingerprint density at radius 2 is 1.56 bits per heavy atom. The van der Waals surface area contributed by atoms with Crippen molar-refractivity contribution in [3.8, 4) is 11.5 Å². The molecule has 0 aliphatic carbocycles. The Morgan fingerprint density at radius 3 is 2.15 bits per heavy atom. The second kappa shape index (κ2) is 7.57. The van der Waals surface area contributed by atoms with Gasteiger partial charge in [-0.15, -0.1) is 0 Å². The first-order valence-electron chi connectivity index (χ1n) is 8.83. The molecule has 1 aliphatic heterocycles. The van der Waals surface area contributed by atoms with Crippen molar-refractivity contribution in [2.45, 2.75) is 58.8 Å². The van der Waals surface area contributed by atoms with E-state index in [1.54, 1.807) is 12.1 Å². The summed E-state index contributed by atoms with van der Waals surface area (Å²) >= 11 is 0. The van der Waals surface area contributed by atoms with E-state index in [0.717, 1.165) is 22.3 Å². The Morgan fingerprint density at radius 1 is 0.926 bits per heavy atom. The molecule has 0 fully saturated rings. The van der Waals surface area contributed by atoms with E-state index < -0.39 is 7.82 Å². The van der Waals surface area contributed by atoms with Crippen LogP contribution in [0.2, 0.25) is 0 Å². The molecule has 1 atom stereocenters. The van der Waals surface area contributed by atoms with Crippen LogP contribution in [0.15, 0.2) is 36.4 Å². The van der Waals surface area contributed by atoms with Gasteiger partial charge in [-0.1, -0.05) is 65.8 Å². The predicted octanol–water partition coefficient (Wildman–Crippen LogP) is 2.12. The zero-order valence-corrected chi connectivity index (χ0v) is 20.1. The number of phosphoric acid groups is 1. The standard InChI is InChI=1S/C21H27O4P.Na/c1-20(2,3)15-10-11-18-14(12-15)13-16-17(21(4,5)6)8-7-9-19(16)25-26(22,23)24-18;/h7-12H,13H2,1-6H3,(H,22,23);/q;+1/p-1. The van der Waals surface area contributed by atoms with Crippen molar-refractivity contribution in [2.75, 3.05) is 0 Å². The summed E-state index contributed by atoms with van der Waals surface area (Å²) in [5.74, 6) is 0.688. The third-order valence-electron chi connectivity index (χ3n) is 4.66. The molecule has 0 saturated carbocycles. The zero-order chi connectivity index (χ0) is 19.3. The molecular weight excluding hydrogens is 370 g/mol. The van der Waals surface area contributed by atoms with Gasteiger partial charge >= 0.3 is 37.4 Å². The first kappa shape index (κ1) is 22.5. The summed E-state index contributed by atoms with van der Waals surface area (Å²) in [6, 6.07) is 11.2. The number of benzene rings is 2. The fraction of sp³-hybridized carbons (Fsp3) is 0.429. The molecule has 0 saturated heterocycles. The molecule has 4 nitrogen and oxygen atoms in total. The number of hydrogen-bond acceptors (Lipinski definition) is 4. The normalized spacial score (nSPS) is 19.4. The molecule has 6 heteroatoms. The maximum atomic E-state index is 12.4. The molecule has 27 heavy (non-hydrogen) atoms. The van der Waals surface area contributed by atoms with E-state index in [1.807, 2.05) is 24.3 Å². The van der Waals surface area contributed by atoms with Gasteiger partial charge in [0.1, 0.15) is 11.5 Å². The van der Waals surface area contributed by atoms with Crippen LogP contribution in [0.1, 0.15) is 63.8 Å². The Bertz CT molecular complexity index is 894. The SMILES string of the molecule is CC(C)(C)c1ccc2c(c1)Cc1c(cccc1C(C)(C)C)OP(=O)([O-])O2.[Na+]. The fourth-order valence-corrected chi connectivity index (χ4v) is 4.13. The molecule has 1 heterocycles. The van der Waals surface area contributed by atoms with Crippen LogP contribution in [0.4, 0.5) is 0 Å². The summed E-state index contributed by atoms with van der Waals surface area (Å²) in [5.41, 5.74) is 3.78. The molecule has 2 aromatic rings. The summed E-state index contributed by atoms with van der Waals surface area (Å²) in [4.78, 5) is 12.4. The van der Waals surface area contributed by atoms with Crippen LogP contribution < -0.4 is 43.5 Å². The van der Waals surface area contributed by atoms with E-state index in [2.05, 4.69) is 41.5 Å². The van der Waals surface area contributed by atoms with Crippen LogP contribution in [0, 0.1) is 0 Å². The molecule has 1 unspecified atom stereocenters. The fourth-order valence-electron chi connectivity index (χ4n) is 3.26. The van der Waals surface area contributed by atoms with Crippen molar-refractivity contribution < 1.29 is 48.1 Å². The Hall–Kier alpha value is -0.770. The van der Waals surface area contributed by atoms with Gasteiger partial charge in [0.05, 0.1) is 0 Å². The molecule has 140 valence electrons. The zero-order valence-electron chi connectivity index (χ0n) is 17.3. The van der Waals surface area contributed by atoms with Gasteiger partial charge in [0.15, 0.2) is 0 Å². The van der Waals surface area contributed by atoms with Gasteiger partial charge < -0.3 is 13.9 Å². The van der Waals surface area contributed by atoms with Crippen LogP contribution in [0.25, 0.3) is 0 Å². The van der Waals surface area contributed by atoms with Gasteiger partial charge in [-0.25, -0.2) is 4.57 Å². The van der Waals surface area contributed by atoms with Crippen LogP contribution >= 0.6 is 7.82 Å². The minimum absolute atomic E-state index is 0. The summed E-state index contributed by atoms with van der Waals surface area (Å²) in [6.07, 6.45) is 0.558. The molecule has 0 radical (unpaired) electrons. The van der Waals surface area contributed by atoms with Crippen molar-refractivity contribution in [3.05, 3.63) is 58.7 Å². The predicted molar refractivity (Wildman–Crippen MR) is 102 cm³/mol. The number of hydrogen-bond donors (Lipinski definition) is 0. The van der Waals surface area contributed by atoms with E-state index >= 15 is 0 Å². The summed E-state index contributed by atoms with van der Waals surface area (Å²) < 4.78 is 22.9. The van der Waals surface area contributed by atoms with Crippen LogP contribution in [0.3, 0.4) is 0 Å². The third-order valence-corrected chi connectivity index (χ3v) is 5.50. The van der Waals surface area contributed by atoms with Crippen LogP contribution in [-0.2, 0) is 21.8 Å². The second-order valence-corrected chi connectivity index (χ2v) is 10.2. The van der Waals surface area contributed by atoms with Gasteiger partial charge in [-0.3, -0.25) is 0 Å². The van der Waals surface area contributed by atoms with E-state index in [4.69, 9.17) is 9.05 Å². The number of rotatable bonds is 0. The minimum atomic E-state index is -4.50. The molecule has 0 spiro atoms. The third kappa shape index (κ3) is 4.99. The summed E-state index contributed by atoms with van der Waals surface area (Å²) in [6.45, 7) is 12.7. The average Bonchev–Trinajstić information content (AvgIpc) is 2.46. The Labute approximate surface area is 184 Å². The van der Waals surface area contributed by atoms with Gasteiger partial charge in [-0.05, 0) is 39.7 Å². The van der Waals surface area contributed by atoms with Crippen LogP contribution in [-0.4, -0.2) is 0 Å². The number of phosphoric ester groups is 1. The minimum Gasteiger partial charge on any atom is -0.736 e. The molecule has 0 aromatic heterocycles. The molecule has 1 aliphatic rings. The largest absolute Gasteiger partial charge is 1.00 e. The Balaban J connectivity index is 0.00000261. The molecular formula is C21H26NaO4P. The van der Waals surface area contributed by atoms with Crippen molar-refractivity contribution in [2.24, 2.45) is 0 Å². The van der Waals surface area contributed by atoms with E-state index in [1.165, 1.54) is 0 Å². The number of fused-ring (bicyclic) bond motifs is 2. The van der Waals surface area contributed by atoms with Crippen molar-refractivity contribution in [3.63, 3.8) is 0 Å². The van der Waals surface area contributed by atoms with E-state index in [-0.39, 0.29) is 40.4 Å². The van der Waals surface area contributed by atoms with Crippen LogP contribution in [0.5, 0.6) is 11.5 Å². The first-order chi connectivity index (χ1) is 11.9. The summed E-state index contributed by atoms with van der Waals surface area (Å²) in [7, 11) is -4.50. The van der Waals surface area contributed by atoms with E-state index in [9.17, 15) is 9.46 Å². The van der Waals surface area contributed by atoms with Crippen molar-refractivity contribution >= 4 is 7.82 Å². The van der Waals surface area contributed by atoms with Gasteiger partial charge in [0, 0.05) is 12.0 Å². The topological polar surface area (TPSA) is 58.6 Å². The Kier molecular flexibility index (Phi) is 6.31. The maximum Gasteiger partial charge on any atom is 1.00 e. The van der Waals surface area contributed by atoms with E-state index in [0.29, 0.717) is 17.9 Å². The quantitative estimate of drug-likeness (QED) is 0.506. The van der Waals surface area contributed by atoms with Crippen molar-refractivity contribution in [1.82, 2.24) is 0 Å². The van der Waals surface area contributed by atoms with Gasteiger partial charge in [-0.2, -0.15) is 0 Å². The van der Waals surface area contributed by atoms with Gasteiger partial charge in [0.2, 0.25) is 0 Å². The maximum absolute atomic E-state index is 12.4. The molecule has 0 bridgehead atoms. The molecule has 2 aromatic carbocycles. The monoisotopic (exact) mass is 396 g/mol. The smallest absolute Gasteiger partial charge is 0.736 e. The van der Waals surface area contributed by atoms with Gasteiger partial charge in [0.25, 0.3) is 0 Å². The second-order valence-electron chi connectivity index (χ2n) is 8.91. The molecule has 3 rings (SSSR count). The van der Waals surface area contributed by atoms with Crippen molar-refractivity contribution in [1.29, 1.82) is 0 Å².